The van der Waals surface area contributed by atoms with Crippen LogP contribution in [0.5, 0.6) is 0 Å². The number of nitrogens with one attached hydrogen (secondary N) is 1. The van der Waals surface area contributed by atoms with Gasteiger partial charge in [0.2, 0.25) is 0 Å². The standard InChI is InChI=1S/C14H15FN4O3S2/c1-7-13(23-8(2)16-7)14(20)17-10-6-12-11(5-9(10)15)18(3)24(21,22)19(12)4/h5-6H,1-4H3,(H,17,20). The van der Waals surface area contributed by atoms with Crippen LogP contribution in [-0.4, -0.2) is 33.4 Å². The van der Waals surface area contributed by atoms with Crippen molar-refractivity contribution in [1.29, 1.82) is 0 Å². The molecule has 128 valence electrons. The zero-order valence-electron chi connectivity index (χ0n) is 13.4. The van der Waals surface area contributed by atoms with E-state index in [0.29, 0.717) is 16.3 Å². The van der Waals surface area contributed by atoms with E-state index in [1.54, 1.807) is 13.8 Å². The van der Waals surface area contributed by atoms with Gasteiger partial charge in [-0.3, -0.25) is 13.4 Å². The maximum Gasteiger partial charge on any atom is 0.326 e. The number of rotatable bonds is 2. The second-order valence-electron chi connectivity index (χ2n) is 5.37. The Morgan fingerprint density at radius 2 is 1.79 bits per heavy atom. The first-order valence-corrected chi connectivity index (χ1v) is 9.16. The molecule has 0 spiro atoms. The number of benzene rings is 1. The summed E-state index contributed by atoms with van der Waals surface area (Å²) >= 11 is 1.21. The van der Waals surface area contributed by atoms with Gasteiger partial charge in [-0.05, 0) is 19.9 Å². The Kier molecular flexibility index (Phi) is 3.76. The van der Waals surface area contributed by atoms with Crippen LogP contribution in [0.1, 0.15) is 20.4 Å². The van der Waals surface area contributed by atoms with Crippen molar-refractivity contribution in [3.05, 3.63) is 33.5 Å². The molecule has 2 aromatic rings. The monoisotopic (exact) mass is 370 g/mol. The lowest BCUT2D eigenvalue weighted by molar-refractivity contribution is 0.102. The minimum absolute atomic E-state index is 0.0819. The minimum atomic E-state index is -3.70. The van der Waals surface area contributed by atoms with E-state index in [4.69, 9.17) is 0 Å². The summed E-state index contributed by atoms with van der Waals surface area (Å²) in [5.74, 6) is -1.19. The van der Waals surface area contributed by atoms with Gasteiger partial charge in [-0.2, -0.15) is 8.42 Å². The lowest BCUT2D eigenvalue weighted by atomic mass is 10.2. The molecule has 1 aliphatic heterocycles. The van der Waals surface area contributed by atoms with Gasteiger partial charge < -0.3 is 5.32 Å². The molecule has 0 bridgehead atoms. The summed E-state index contributed by atoms with van der Waals surface area (Å²) in [7, 11) is -0.982. The zero-order chi connectivity index (χ0) is 17.8. The maximum absolute atomic E-state index is 14.3. The first-order chi connectivity index (χ1) is 11.1. The Balaban J connectivity index is 1.99. The lowest BCUT2D eigenvalue weighted by Crippen LogP contribution is -2.32. The highest BCUT2D eigenvalue weighted by atomic mass is 32.2. The highest BCUT2D eigenvalue weighted by molar-refractivity contribution is 7.94. The van der Waals surface area contributed by atoms with Gasteiger partial charge >= 0.3 is 10.2 Å². The first kappa shape index (κ1) is 16.7. The summed E-state index contributed by atoms with van der Waals surface area (Å²) in [6.45, 7) is 3.48. The molecule has 1 amide bonds. The van der Waals surface area contributed by atoms with Crippen LogP contribution < -0.4 is 13.9 Å². The fraction of sp³-hybridized carbons (Fsp3) is 0.286. The van der Waals surface area contributed by atoms with Crippen molar-refractivity contribution >= 4 is 44.5 Å². The summed E-state index contributed by atoms with van der Waals surface area (Å²) in [5.41, 5.74) is 1.00. The number of aromatic nitrogens is 1. The molecule has 0 unspecified atom stereocenters. The number of amides is 1. The van der Waals surface area contributed by atoms with Gasteiger partial charge in [-0.15, -0.1) is 11.3 Å². The van der Waals surface area contributed by atoms with E-state index in [2.05, 4.69) is 10.3 Å². The van der Waals surface area contributed by atoms with Crippen LogP contribution in [0.15, 0.2) is 12.1 Å². The van der Waals surface area contributed by atoms with Crippen molar-refractivity contribution in [1.82, 2.24) is 4.98 Å². The van der Waals surface area contributed by atoms with Gasteiger partial charge in [0, 0.05) is 20.2 Å². The van der Waals surface area contributed by atoms with Gasteiger partial charge in [0.25, 0.3) is 5.91 Å². The number of nitrogens with zero attached hydrogens (tertiary/aromatic N) is 3. The van der Waals surface area contributed by atoms with Crippen molar-refractivity contribution < 1.29 is 17.6 Å². The number of thiazole rings is 1. The van der Waals surface area contributed by atoms with E-state index in [1.165, 1.54) is 31.5 Å². The lowest BCUT2D eigenvalue weighted by Gasteiger charge is -2.13. The number of carbonyl (C=O) groups excluding carboxylic acids is 1. The molecule has 10 heteroatoms. The van der Waals surface area contributed by atoms with Crippen molar-refractivity contribution in [2.45, 2.75) is 13.8 Å². The summed E-state index contributed by atoms with van der Waals surface area (Å²) < 4.78 is 40.5. The van der Waals surface area contributed by atoms with Crippen LogP contribution >= 0.6 is 11.3 Å². The molecule has 2 heterocycles. The average Bonchev–Trinajstić information content (AvgIpc) is 2.92. The third-order valence-electron chi connectivity index (χ3n) is 3.79. The highest BCUT2D eigenvalue weighted by Gasteiger charge is 2.36. The van der Waals surface area contributed by atoms with Crippen LogP contribution in [0.25, 0.3) is 0 Å². The van der Waals surface area contributed by atoms with Crippen molar-refractivity contribution in [3.8, 4) is 0 Å². The summed E-state index contributed by atoms with van der Waals surface area (Å²) in [5, 5.41) is 3.23. The van der Waals surface area contributed by atoms with Crippen LogP contribution in [0, 0.1) is 19.7 Å². The van der Waals surface area contributed by atoms with Gasteiger partial charge in [0.05, 0.1) is 27.8 Å². The number of carbonyl (C=O) groups is 1. The van der Waals surface area contributed by atoms with E-state index in [9.17, 15) is 17.6 Å². The normalized spacial score (nSPS) is 15.5. The molecule has 1 aliphatic rings. The molecule has 0 radical (unpaired) electrons. The predicted octanol–water partition coefficient (Wildman–Crippen LogP) is 2.28. The molecule has 0 saturated heterocycles. The number of fused-ring (bicyclic) bond motifs is 1. The van der Waals surface area contributed by atoms with E-state index in [1.807, 2.05) is 0 Å². The number of hydrogen-bond acceptors (Lipinski definition) is 5. The predicted molar refractivity (Wildman–Crippen MR) is 91.7 cm³/mol. The van der Waals surface area contributed by atoms with Crippen LogP contribution in [-0.2, 0) is 10.2 Å². The van der Waals surface area contributed by atoms with Gasteiger partial charge in [-0.1, -0.05) is 0 Å². The molecule has 7 nitrogen and oxygen atoms in total. The Labute approximate surface area is 142 Å². The number of aryl methyl sites for hydroxylation is 2. The second kappa shape index (κ2) is 5.42. The van der Waals surface area contributed by atoms with Crippen LogP contribution in [0.3, 0.4) is 0 Å². The van der Waals surface area contributed by atoms with E-state index < -0.39 is 21.9 Å². The number of halogens is 1. The highest BCUT2D eigenvalue weighted by Crippen LogP contribution is 2.41. The van der Waals surface area contributed by atoms with Crippen molar-refractivity contribution in [3.63, 3.8) is 0 Å². The molecule has 1 aromatic carbocycles. The smallest absolute Gasteiger partial charge is 0.319 e. The quantitative estimate of drug-likeness (QED) is 0.879. The molecule has 0 saturated carbocycles. The molecule has 1 N–H and O–H groups in total. The number of hydrogen-bond donors (Lipinski definition) is 1. The summed E-state index contributed by atoms with van der Waals surface area (Å²) in [6, 6.07) is 2.41. The molecule has 24 heavy (non-hydrogen) atoms. The van der Waals surface area contributed by atoms with Gasteiger partial charge in [0.1, 0.15) is 10.7 Å². The summed E-state index contributed by atoms with van der Waals surface area (Å²) in [6.07, 6.45) is 0. The third kappa shape index (κ3) is 2.42. The summed E-state index contributed by atoms with van der Waals surface area (Å²) in [4.78, 5) is 16.9. The van der Waals surface area contributed by atoms with Crippen LogP contribution in [0.2, 0.25) is 0 Å². The molecule has 0 aliphatic carbocycles. The average molecular weight is 370 g/mol. The van der Waals surface area contributed by atoms with Crippen molar-refractivity contribution in [2.24, 2.45) is 0 Å². The topological polar surface area (TPSA) is 82.6 Å². The van der Waals surface area contributed by atoms with Crippen molar-refractivity contribution in [2.75, 3.05) is 28.0 Å². The molecule has 0 fully saturated rings. The van der Waals surface area contributed by atoms with E-state index in [-0.39, 0.29) is 11.4 Å². The van der Waals surface area contributed by atoms with E-state index >= 15 is 0 Å². The Morgan fingerprint density at radius 3 is 2.33 bits per heavy atom. The SMILES string of the molecule is Cc1nc(C)c(C(=O)Nc2cc3c(cc2F)N(C)S(=O)(=O)N3C)s1. The molecule has 3 rings (SSSR count). The van der Waals surface area contributed by atoms with E-state index in [0.717, 1.165) is 19.7 Å². The minimum Gasteiger partial charge on any atom is -0.319 e. The Morgan fingerprint density at radius 1 is 1.21 bits per heavy atom. The van der Waals surface area contributed by atoms with Crippen LogP contribution in [0.4, 0.5) is 21.5 Å². The Bertz CT molecular complexity index is 955. The first-order valence-electron chi connectivity index (χ1n) is 6.94. The largest absolute Gasteiger partial charge is 0.326 e. The maximum atomic E-state index is 14.3. The molecule has 1 aromatic heterocycles. The Hall–Kier alpha value is -2.20. The molecular formula is C14H15FN4O3S2. The fourth-order valence-corrected chi connectivity index (χ4v) is 4.48. The zero-order valence-corrected chi connectivity index (χ0v) is 15.0. The number of anilines is 3. The molecular weight excluding hydrogens is 355 g/mol. The molecule has 0 atom stereocenters. The van der Waals surface area contributed by atoms with Gasteiger partial charge in [0.15, 0.2) is 0 Å². The third-order valence-corrected chi connectivity index (χ3v) is 6.64. The second-order valence-corrected chi connectivity index (χ2v) is 8.56. The van der Waals surface area contributed by atoms with Gasteiger partial charge in [-0.25, -0.2) is 9.37 Å². The fourth-order valence-electron chi connectivity index (χ4n) is 2.50.